The van der Waals surface area contributed by atoms with E-state index in [0.717, 1.165) is 16.9 Å². The third kappa shape index (κ3) is 3.66. The van der Waals surface area contributed by atoms with Gasteiger partial charge in [-0.15, -0.1) is 10.2 Å². The van der Waals surface area contributed by atoms with E-state index in [1.807, 2.05) is 29.8 Å². The Labute approximate surface area is 160 Å². The maximum atomic E-state index is 13.4. The Morgan fingerprint density at radius 2 is 1.89 bits per heavy atom. The van der Waals surface area contributed by atoms with Crippen LogP contribution in [0.1, 0.15) is 16.3 Å². The monoisotopic (exact) mass is 376 g/mol. The van der Waals surface area contributed by atoms with Crippen LogP contribution < -0.4 is 10.6 Å². The van der Waals surface area contributed by atoms with Crippen LogP contribution in [0.4, 0.5) is 15.9 Å². The summed E-state index contributed by atoms with van der Waals surface area (Å²) in [5.41, 5.74) is 2.35. The molecule has 8 heteroatoms. The summed E-state index contributed by atoms with van der Waals surface area (Å²) in [7, 11) is 1.83. The third-order valence-electron chi connectivity index (χ3n) is 4.29. The Morgan fingerprint density at radius 1 is 1.07 bits per heavy atom. The van der Waals surface area contributed by atoms with Gasteiger partial charge in [0.05, 0.1) is 17.6 Å². The average molecular weight is 376 g/mol. The fraction of sp³-hybridized carbons (Fsp3) is 0.100. The van der Waals surface area contributed by atoms with Crippen molar-refractivity contribution in [1.29, 1.82) is 0 Å². The molecule has 2 aromatic heterocycles. The minimum Gasteiger partial charge on any atom is -0.361 e. The number of aromatic nitrogens is 4. The predicted molar refractivity (Wildman–Crippen MR) is 104 cm³/mol. The average Bonchev–Trinajstić information content (AvgIpc) is 3.03. The zero-order chi connectivity index (χ0) is 19.5. The molecule has 0 saturated heterocycles. The molecule has 2 N–H and O–H groups in total. The van der Waals surface area contributed by atoms with Crippen LogP contribution in [-0.2, 0) is 13.6 Å². The second-order valence-corrected chi connectivity index (χ2v) is 6.20. The fourth-order valence-corrected chi connectivity index (χ4v) is 2.80. The zero-order valence-corrected chi connectivity index (χ0v) is 15.1. The van der Waals surface area contributed by atoms with Crippen molar-refractivity contribution in [3.8, 4) is 0 Å². The van der Waals surface area contributed by atoms with Gasteiger partial charge in [-0.1, -0.05) is 18.2 Å². The van der Waals surface area contributed by atoms with E-state index in [4.69, 9.17) is 0 Å². The van der Waals surface area contributed by atoms with E-state index >= 15 is 0 Å². The van der Waals surface area contributed by atoms with Gasteiger partial charge in [-0.05, 0) is 42.5 Å². The highest BCUT2D eigenvalue weighted by atomic mass is 19.1. The van der Waals surface area contributed by atoms with Gasteiger partial charge in [-0.2, -0.15) is 0 Å². The standard InChI is InChI=1S/C20H17FN6O/c1-27-17-11-13(21)7-8-15(17)24-19(27)12-22-18-10-9-16(25-26-18)20(28)23-14-5-3-2-4-6-14/h2-11H,12H2,1H3,(H,22,26)(H,23,28). The van der Waals surface area contributed by atoms with Crippen LogP contribution in [-0.4, -0.2) is 25.7 Å². The molecule has 0 fully saturated rings. The molecule has 4 rings (SSSR count). The summed E-state index contributed by atoms with van der Waals surface area (Å²) in [5, 5.41) is 13.9. The molecule has 0 aliphatic heterocycles. The smallest absolute Gasteiger partial charge is 0.276 e. The summed E-state index contributed by atoms with van der Waals surface area (Å²) >= 11 is 0. The van der Waals surface area contributed by atoms with Crippen molar-refractivity contribution < 1.29 is 9.18 Å². The number of benzene rings is 2. The molecule has 2 heterocycles. The summed E-state index contributed by atoms with van der Waals surface area (Å²) in [6, 6.07) is 16.9. The molecule has 0 spiro atoms. The van der Waals surface area contributed by atoms with Crippen LogP contribution in [0.3, 0.4) is 0 Å². The van der Waals surface area contributed by atoms with Crippen molar-refractivity contribution in [2.24, 2.45) is 7.05 Å². The summed E-state index contributed by atoms with van der Waals surface area (Å²) in [5.74, 6) is 0.607. The van der Waals surface area contributed by atoms with Crippen molar-refractivity contribution in [1.82, 2.24) is 19.7 Å². The first-order chi connectivity index (χ1) is 13.6. The zero-order valence-electron chi connectivity index (χ0n) is 15.1. The molecule has 1 amide bonds. The molecule has 28 heavy (non-hydrogen) atoms. The Hall–Kier alpha value is -3.81. The van der Waals surface area contributed by atoms with Crippen LogP contribution in [0.15, 0.2) is 60.7 Å². The number of fused-ring (bicyclic) bond motifs is 1. The number of rotatable bonds is 5. The van der Waals surface area contributed by atoms with Crippen molar-refractivity contribution in [2.75, 3.05) is 10.6 Å². The van der Waals surface area contributed by atoms with Gasteiger partial charge >= 0.3 is 0 Å². The number of carbonyl (C=O) groups is 1. The lowest BCUT2D eigenvalue weighted by atomic mass is 10.3. The number of halogens is 1. The number of carbonyl (C=O) groups excluding carboxylic acids is 1. The van der Waals surface area contributed by atoms with E-state index in [2.05, 4.69) is 25.8 Å². The van der Waals surface area contributed by atoms with Gasteiger partial charge in [-0.3, -0.25) is 4.79 Å². The quantitative estimate of drug-likeness (QED) is 0.558. The number of aryl methyl sites for hydroxylation is 1. The van der Waals surface area contributed by atoms with Crippen molar-refractivity contribution >= 4 is 28.4 Å². The van der Waals surface area contributed by atoms with Crippen LogP contribution in [0.5, 0.6) is 0 Å². The van der Waals surface area contributed by atoms with E-state index in [1.165, 1.54) is 12.1 Å². The number of anilines is 2. The molecule has 0 unspecified atom stereocenters. The molecule has 140 valence electrons. The van der Waals surface area contributed by atoms with Gasteiger partial charge in [0, 0.05) is 12.7 Å². The second kappa shape index (κ2) is 7.43. The Bertz CT molecular complexity index is 1120. The summed E-state index contributed by atoms with van der Waals surface area (Å²) < 4.78 is 15.2. The van der Waals surface area contributed by atoms with Crippen molar-refractivity contribution in [3.05, 3.63) is 78.0 Å². The van der Waals surface area contributed by atoms with Gasteiger partial charge < -0.3 is 15.2 Å². The highest BCUT2D eigenvalue weighted by Gasteiger charge is 2.11. The van der Waals surface area contributed by atoms with Crippen molar-refractivity contribution in [2.45, 2.75) is 6.54 Å². The SMILES string of the molecule is Cn1c(CNc2ccc(C(=O)Nc3ccccc3)nn2)nc2ccc(F)cc21. The number of amides is 1. The molecule has 0 aliphatic rings. The van der Waals surface area contributed by atoms with Crippen LogP contribution in [0, 0.1) is 5.82 Å². The van der Waals surface area contributed by atoms with E-state index in [-0.39, 0.29) is 17.4 Å². The Balaban J connectivity index is 1.42. The van der Waals surface area contributed by atoms with Gasteiger partial charge in [0.2, 0.25) is 0 Å². The first-order valence-corrected chi connectivity index (χ1v) is 8.65. The fourth-order valence-electron chi connectivity index (χ4n) is 2.80. The molecule has 0 atom stereocenters. The largest absolute Gasteiger partial charge is 0.361 e. The molecule has 0 bridgehead atoms. The molecule has 0 radical (unpaired) electrons. The van der Waals surface area contributed by atoms with Crippen LogP contribution in [0.2, 0.25) is 0 Å². The minimum atomic E-state index is -0.331. The maximum absolute atomic E-state index is 13.4. The van der Waals surface area contributed by atoms with Gasteiger partial charge in [0.15, 0.2) is 5.69 Å². The number of hydrogen-bond donors (Lipinski definition) is 2. The molecule has 4 aromatic rings. The lowest BCUT2D eigenvalue weighted by Crippen LogP contribution is -2.15. The first-order valence-electron chi connectivity index (χ1n) is 8.65. The van der Waals surface area contributed by atoms with E-state index < -0.39 is 0 Å². The van der Waals surface area contributed by atoms with E-state index in [0.29, 0.717) is 18.1 Å². The lowest BCUT2D eigenvalue weighted by Gasteiger charge is -2.07. The molecule has 0 saturated carbocycles. The number of imidazole rings is 1. The number of nitrogens with one attached hydrogen (secondary N) is 2. The third-order valence-corrected chi connectivity index (χ3v) is 4.29. The number of para-hydroxylation sites is 1. The van der Waals surface area contributed by atoms with Crippen LogP contribution in [0.25, 0.3) is 11.0 Å². The minimum absolute atomic E-state index is 0.215. The molecule has 2 aromatic carbocycles. The molecule has 7 nitrogen and oxygen atoms in total. The highest BCUT2D eigenvalue weighted by Crippen LogP contribution is 2.17. The highest BCUT2D eigenvalue weighted by molar-refractivity contribution is 6.02. The van der Waals surface area contributed by atoms with Gasteiger partial charge in [-0.25, -0.2) is 9.37 Å². The molecule has 0 aliphatic carbocycles. The summed E-state index contributed by atoms with van der Waals surface area (Å²) in [6.45, 7) is 0.386. The van der Waals surface area contributed by atoms with E-state index in [1.54, 1.807) is 30.3 Å². The number of hydrogen-bond acceptors (Lipinski definition) is 5. The molecular formula is C20H17FN6O. The topological polar surface area (TPSA) is 84.7 Å². The summed E-state index contributed by atoms with van der Waals surface area (Å²) in [4.78, 5) is 16.7. The summed E-state index contributed by atoms with van der Waals surface area (Å²) in [6.07, 6.45) is 0. The normalized spacial score (nSPS) is 10.8. The Morgan fingerprint density at radius 3 is 2.64 bits per heavy atom. The van der Waals surface area contributed by atoms with Crippen LogP contribution >= 0.6 is 0 Å². The number of nitrogens with zero attached hydrogens (tertiary/aromatic N) is 4. The first kappa shape index (κ1) is 17.6. The van der Waals surface area contributed by atoms with Gasteiger partial charge in [0.1, 0.15) is 17.5 Å². The van der Waals surface area contributed by atoms with Crippen molar-refractivity contribution in [3.63, 3.8) is 0 Å². The second-order valence-electron chi connectivity index (χ2n) is 6.20. The molecular weight excluding hydrogens is 359 g/mol. The lowest BCUT2D eigenvalue weighted by molar-refractivity contribution is 0.102. The maximum Gasteiger partial charge on any atom is 0.276 e. The Kier molecular flexibility index (Phi) is 4.67. The van der Waals surface area contributed by atoms with Gasteiger partial charge in [0.25, 0.3) is 5.91 Å². The predicted octanol–water partition coefficient (Wildman–Crippen LogP) is 3.37. The van der Waals surface area contributed by atoms with E-state index in [9.17, 15) is 9.18 Å².